The third-order valence-corrected chi connectivity index (χ3v) is 7.36. The first-order chi connectivity index (χ1) is 14.9. The number of thiophene rings is 1. The van der Waals surface area contributed by atoms with Crippen LogP contribution in [-0.2, 0) is 21.4 Å². The third kappa shape index (κ3) is 4.46. The highest BCUT2D eigenvalue weighted by molar-refractivity contribution is 7.90. The first-order valence-corrected chi connectivity index (χ1v) is 11.9. The van der Waals surface area contributed by atoms with Gasteiger partial charge in [0.2, 0.25) is 0 Å². The lowest BCUT2D eigenvalue weighted by Crippen LogP contribution is -2.29. The molecule has 2 heterocycles. The number of nitrogens with zero attached hydrogens (tertiary/aromatic N) is 1. The predicted octanol–water partition coefficient (Wildman–Crippen LogP) is 3.91. The lowest BCUT2D eigenvalue weighted by atomic mass is 10.1. The molecule has 4 rings (SSSR count). The number of carbonyl (C=O) groups is 1. The average molecular weight is 462 g/mol. The van der Waals surface area contributed by atoms with Crippen molar-refractivity contribution in [3.63, 3.8) is 0 Å². The number of benzene rings is 2. The summed E-state index contributed by atoms with van der Waals surface area (Å²) in [6, 6.07) is 10.6. The Morgan fingerprint density at radius 2 is 2.06 bits per heavy atom. The van der Waals surface area contributed by atoms with Gasteiger partial charge in [-0.15, -0.1) is 11.3 Å². The fourth-order valence-corrected chi connectivity index (χ4v) is 5.65. The normalized spacial score (nSPS) is 13.9. The Morgan fingerprint density at radius 1 is 1.26 bits per heavy atom. The Kier molecular flexibility index (Phi) is 6.03. The highest BCUT2D eigenvalue weighted by atomic mass is 32.2. The number of anilines is 1. The van der Waals surface area contributed by atoms with E-state index in [2.05, 4.69) is 15.0 Å². The summed E-state index contributed by atoms with van der Waals surface area (Å²) < 4.78 is 47.9. The number of nitrogens with one attached hydrogen (secondary N) is 2. The van der Waals surface area contributed by atoms with Crippen molar-refractivity contribution in [2.24, 2.45) is 4.99 Å². The fourth-order valence-electron chi connectivity index (χ4n) is 3.40. The zero-order valence-electron chi connectivity index (χ0n) is 16.6. The fraction of sp³-hybridized carbons (Fsp3) is 0.238. The van der Waals surface area contributed by atoms with Gasteiger partial charge in [-0.2, -0.15) is 0 Å². The number of halogens is 1. The maximum absolute atomic E-state index is 14.4. The summed E-state index contributed by atoms with van der Waals surface area (Å²) in [5.41, 5.74) is 0.769. The van der Waals surface area contributed by atoms with Crippen LogP contribution in [0.1, 0.15) is 28.1 Å². The molecule has 0 saturated heterocycles. The van der Waals surface area contributed by atoms with Gasteiger partial charge < -0.3 is 10.1 Å². The molecule has 31 heavy (non-hydrogen) atoms. The van der Waals surface area contributed by atoms with Gasteiger partial charge in [0.25, 0.3) is 15.9 Å². The summed E-state index contributed by atoms with van der Waals surface area (Å²) in [5, 5.41) is 3.07. The topological polar surface area (TPSA) is 96.9 Å². The Morgan fingerprint density at radius 3 is 2.81 bits per heavy atom. The molecule has 0 radical (unpaired) electrons. The van der Waals surface area contributed by atoms with Crippen LogP contribution in [0.3, 0.4) is 0 Å². The molecule has 0 fully saturated rings. The van der Waals surface area contributed by atoms with Crippen molar-refractivity contribution in [2.45, 2.75) is 24.3 Å². The molecule has 0 atom stereocenters. The van der Waals surface area contributed by atoms with E-state index in [0.29, 0.717) is 45.0 Å². The molecule has 1 amide bonds. The zero-order chi connectivity index (χ0) is 22.0. The van der Waals surface area contributed by atoms with Crippen molar-refractivity contribution < 1.29 is 22.3 Å². The number of ether oxygens (including phenoxy) is 1. The van der Waals surface area contributed by atoms with E-state index in [9.17, 15) is 17.6 Å². The molecule has 0 saturated carbocycles. The summed E-state index contributed by atoms with van der Waals surface area (Å²) >= 11 is 1.16. The Balaban J connectivity index is 1.62. The highest BCUT2D eigenvalue weighted by Crippen LogP contribution is 2.34. The van der Waals surface area contributed by atoms with Gasteiger partial charge in [-0.05, 0) is 36.8 Å². The van der Waals surface area contributed by atoms with Crippen molar-refractivity contribution in [1.29, 1.82) is 0 Å². The van der Waals surface area contributed by atoms with E-state index in [1.54, 1.807) is 24.3 Å². The van der Waals surface area contributed by atoms with Crippen molar-refractivity contribution in [3.05, 3.63) is 58.7 Å². The van der Waals surface area contributed by atoms with Gasteiger partial charge in [-0.1, -0.05) is 12.1 Å². The van der Waals surface area contributed by atoms with Crippen molar-refractivity contribution >= 4 is 48.9 Å². The number of fused-ring (bicyclic) bond motifs is 1. The summed E-state index contributed by atoms with van der Waals surface area (Å²) in [4.78, 5) is 17.4. The number of carbonyl (C=O) groups excluding carboxylic acids is 1. The minimum Gasteiger partial charge on any atom is -0.380 e. The van der Waals surface area contributed by atoms with Crippen LogP contribution < -0.4 is 10.0 Å². The monoisotopic (exact) mass is 461 g/mol. The second-order valence-electron chi connectivity index (χ2n) is 6.98. The number of sulfonamides is 1. The number of hydrogen-bond acceptors (Lipinski definition) is 6. The summed E-state index contributed by atoms with van der Waals surface area (Å²) in [6.07, 6.45) is 1.40. The van der Waals surface area contributed by atoms with Gasteiger partial charge in [0.15, 0.2) is 0 Å². The third-order valence-electron chi connectivity index (χ3n) is 4.79. The Hall–Kier alpha value is -2.82. The van der Waals surface area contributed by atoms with Crippen LogP contribution in [0, 0.1) is 5.82 Å². The van der Waals surface area contributed by atoms with Crippen molar-refractivity contribution in [3.8, 4) is 0 Å². The molecule has 0 bridgehead atoms. The highest BCUT2D eigenvalue weighted by Gasteiger charge is 2.22. The van der Waals surface area contributed by atoms with Gasteiger partial charge in [0, 0.05) is 41.4 Å². The molecule has 0 aliphatic carbocycles. The van der Waals surface area contributed by atoms with E-state index >= 15 is 0 Å². The molecule has 162 valence electrons. The molecule has 2 N–H and O–H groups in total. The van der Waals surface area contributed by atoms with Crippen LogP contribution in [0.25, 0.3) is 10.1 Å². The van der Waals surface area contributed by atoms with Crippen LogP contribution in [-0.4, -0.2) is 33.8 Å². The van der Waals surface area contributed by atoms with E-state index < -0.39 is 21.7 Å². The maximum Gasteiger partial charge on any atom is 0.266 e. The smallest absolute Gasteiger partial charge is 0.266 e. The largest absolute Gasteiger partial charge is 0.380 e. The van der Waals surface area contributed by atoms with Gasteiger partial charge in [-0.3, -0.25) is 14.5 Å². The lowest BCUT2D eigenvalue weighted by molar-refractivity contribution is 0.102. The van der Waals surface area contributed by atoms with Crippen LogP contribution in [0.5, 0.6) is 0 Å². The predicted molar refractivity (Wildman–Crippen MR) is 119 cm³/mol. The molecule has 7 nitrogen and oxygen atoms in total. The summed E-state index contributed by atoms with van der Waals surface area (Å²) in [5.74, 6) is -0.449. The number of aliphatic imine (C=N–C) groups is 1. The Labute approximate surface area is 183 Å². The van der Waals surface area contributed by atoms with E-state index in [0.717, 1.165) is 17.8 Å². The van der Waals surface area contributed by atoms with Gasteiger partial charge in [-0.25, -0.2) is 12.8 Å². The molecular weight excluding hydrogens is 441 g/mol. The number of rotatable bonds is 6. The minimum atomic E-state index is -3.81. The van der Waals surface area contributed by atoms with E-state index in [1.807, 2.05) is 0 Å². The van der Waals surface area contributed by atoms with Crippen LogP contribution in [0.15, 0.2) is 52.4 Å². The molecule has 1 aliphatic rings. The molecule has 0 spiro atoms. The first-order valence-electron chi connectivity index (χ1n) is 9.55. The second kappa shape index (κ2) is 8.74. The summed E-state index contributed by atoms with van der Waals surface area (Å²) in [7, 11) is -2.33. The molecule has 1 aromatic heterocycles. The van der Waals surface area contributed by atoms with Gasteiger partial charge in [0.1, 0.15) is 11.7 Å². The number of methoxy groups -OCH3 is 1. The minimum absolute atomic E-state index is 0.0133. The van der Waals surface area contributed by atoms with Crippen LogP contribution in [0.4, 0.5) is 10.1 Å². The van der Waals surface area contributed by atoms with Crippen molar-refractivity contribution in [1.82, 2.24) is 4.72 Å². The molecular formula is C21H20FN3O4S2. The zero-order valence-corrected chi connectivity index (χ0v) is 18.3. The van der Waals surface area contributed by atoms with E-state index in [1.165, 1.54) is 25.3 Å². The molecule has 1 aliphatic heterocycles. The summed E-state index contributed by atoms with van der Waals surface area (Å²) in [6.45, 7) is 0.678. The maximum atomic E-state index is 14.4. The van der Waals surface area contributed by atoms with Gasteiger partial charge in [0.05, 0.1) is 16.4 Å². The second-order valence-corrected chi connectivity index (χ2v) is 9.71. The van der Waals surface area contributed by atoms with Crippen LogP contribution >= 0.6 is 11.3 Å². The molecule has 10 heteroatoms. The number of amidine groups is 1. The van der Waals surface area contributed by atoms with Crippen LogP contribution in [0.2, 0.25) is 0 Å². The molecule has 3 aromatic rings. The molecule has 0 unspecified atom stereocenters. The first kappa shape index (κ1) is 21.4. The number of amides is 1. The van der Waals surface area contributed by atoms with E-state index in [4.69, 9.17) is 4.74 Å². The van der Waals surface area contributed by atoms with Crippen molar-refractivity contribution in [2.75, 3.05) is 19.0 Å². The lowest BCUT2D eigenvalue weighted by Gasteiger charge is -2.10. The quantitative estimate of drug-likeness (QED) is 0.582. The number of hydrogen-bond donors (Lipinski definition) is 2. The standard InChI is InChI=1S/C21H20FN3O4S2/c1-29-12-15-19-16(22)7-3-8-17(19)30-20(15)21(26)24-13-5-2-6-14(11-13)31(27,28)25-18-9-4-10-23-18/h2-3,5-8,11H,4,9-10,12H2,1H3,(H,23,25)(H,24,26). The SMILES string of the molecule is COCc1c(C(=O)Nc2cccc(S(=O)(=O)NC3=NCCC3)c2)sc2cccc(F)c12. The Bertz CT molecular complexity index is 1290. The molecule has 2 aromatic carbocycles. The average Bonchev–Trinajstić information content (AvgIpc) is 3.37. The van der Waals surface area contributed by atoms with Gasteiger partial charge >= 0.3 is 0 Å². The van der Waals surface area contributed by atoms with E-state index in [-0.39, 0.29) is 11.5 Å².